The van der Waals surface area contributed by atoms with Crippen molar-refractivity contribution in [2.75, 3.05) is 14.2 Å². The van der Waals surface area contributed by atoms with Crippen molar-refractivity contribution < 1.29 is 14.3 Å². The van der Waals surface area contributed by atoms with Crippen LogP contribution in [0.1, 0.15) is 30.0 Å². The van der Waals surface area contributed by atoms with Gasteiger partial charge in [-0.3, -0.25) is 4.79 Å². The number of methoxy groups -OCH3 is 2. The fraction of sp³-hybridized carbons (Fsp3) is 0.350. The summed E-state index contributed by atoms with van der Waals surface area (Å²) in [5, 5.41) is 3.88. The van der Waals surface area contributed by atoms with Crippen LogP contribution in [0.25, 0.3) is 0 Å². The SMILES string of the molecule is COc1ccc(CC(=O)N[C@H](c2ccc(Cl)cc2)C2CC2)cc1OC. The number of amides is 1. The Bertz CT molecular complexity index is 741. The minimum Gasteiger partial charge on any atom is -0.493 e. The van der Waals surface area contributed by atoms with Crippen LogP contribution >= 0.6 is 11.6 Å². The standard InChI is InChI=1S/C20H22ClNO3/c1-24-17-10-3-13(11-18(17)25-2)12-19(23)22-20(14-4-5-14)15-6-8-16(21)9-7-15/h3,6-11,14,20H,4-5,12H2,1-2H3,(H,22,23)/t20-/m0/s1. The molecule has 0 saturated heterocycles. The Balaban J connectivity index is 1.69. The van der Waals surface area contributed by atoms with Crippen LogP contribution in [0.4, 0.5) is 0 Å². The maximum absolute atomic E-state index is 12.5. The van der Waals surface area contributed by atoms with Crippen molar-refractivity contribution in [1.82, 2.24) is 5.32 Å². The number of ether oxygens (including phenoxy) is 2. The molecule has 2 aromatic carbocycles. The molecule has 1 N–H and O–H groups in total. The molecule has 0 bridgehead atoms. The van der Waals surface area contributed by atoms with Crippen molar-refractivity contribution in [2.24, 2.45) is 5.92 Å². The summed E-state index contributed by atoms with van der Waals surface area (Å²) >= 11 is 5.97. The highest BCUT2D eigenvalue weighted by Gasteiger charge is 2.33. The van der Waals surface area contributed by atoms with E-state index in [0.717, 1.165) is 24.0 Å². The Hall–Kier alpha value is -2.20. The molecule has 3 rings (SSSR count). The minimum absolute atomic E-state index is 0.000861. The Morgan fingerprint density at radius 1 is 1.12 bits per heavy atom. The maximum Gasteiger partial charge on any atom is 0.224 e. The molecule has 1 aliphatic rings. The summed E-state index contributed by atoms with van der Waals surface area (Å²) in [5.74, 6) is 1.79. The van der Waals surface area contributed by atoms with Gasteiger partial charge < -0.3 is 14.8 Å². The predicted molar refractivity (Wildman–Crippen MR) is 98.3 cm³/mol. The van der Waals surface area contributed by atoms with E-state index >= 15 is 0 Å². The van der Waals surface area contributed by atoms with E-state index in [4.69, 9.17) is 21.1 Å². The maximum atomic E-state index is 12.5. The molecule has 1 amide bonds. The van der Waals surface area contributed by atoms with E-state index in [0.29, 0.717) is 28.9 Å². The van der Waals surface area contributed by atoms with E-state index in [1.807, 2.05) is 42.5 Å². The first-order valence-corrected chi connectivity index (χ1v) is 8.74. The molecule has 0 unspecified atom stereocenters. The van der Waals surface area contributed by atoms with Crippen LogP contribution in [-0.4, -0.2) is 20.1 Å². The molecule has 0 radical (unpaired) electrons. The first kappa shape index (κ1) is 17.6. The molecular weight excluding hydrogens is 338 g/mol. The summed E-state index contributed by atoms with van der Waals surface area (Å²) in [6, 6.07) is 13.3. The van der Waals surface area contributed by atoms with Gasteiger partial charge in [0.05, 0.1) is 26.7 Å². The second-order valence-corrected chi connectivity index (χ2v) is 6.74. The summed E-state index contributed by atoms with van der Waals surface area (Å²) in [4.78, 5) is 12.5. The molecule has 0 aliphatic heterocycles. The topological polar surface area (TPSA) is 47.6 Å². The van der Waals surface area contributed by atoms with Gasteiger partial charge in [-0.05, 0) is 54.2 Å². The van der Waals surface area contributed by atoms with Crippen molar-refractivity contribution >= 4 is 17.5 Å². The van der Waals surface area contributed by atoms with Gasteiger partial charge in [0.25, 0.3) is 0 Å². The number of hydrogen-bond acceptors (Lipinski definition) is 3. The minimum atomic E-state index is -0.000861. The predicted octanol–water partition coefficient (Wildman–Crippen LogP) is 4.17. The van der Waals surface area contributed by atoms with Crippen LogP contribution in [0.3, 0.4) is 0 Å². The van der Waals surface area contributed by atoms with Gasteiger partial charge in [-0.1, -0.05) is 29.8 Å². The van der Waals surface area contributed by atoms with Gasteiger partial charge >= 0.3 is 0 Å². The molecule has 1 aliphatic carbocycles. The van der Waals surface area contributed by atoms with Crippen LogP contribution in [0, 0.1) is 5.92 Å². The fourth-order valence-corrected chi connectivity index (χ4v) is 3.10. The molecule has 1 fully saturated rings. The average Bonchev–Trinajstić information content (AvgIpc) is 3.45. The monoisotopic (exact) mass is 359 g/mol. The van der Waals surface area contributed by atoms with Gasteiger partial charge in [0, 0.05) is 5.02 Å². The largest absolute Gasteiger partial charge is 0.493 e. The Morgan fingerprint density at radius 3 is 2.40 bits per heavy atom. The highest BCUT2D eigenvalue weighted by molar-refractivity contribution is 6.30. The van der Waals surface area contributed by atoms with Crippen LogP contribution < -0.4 is 14.8 Å². The molecule has 0 aromatic heterocycles. The lowest BCUT2D eigenvalue weighted by Gasteiger charge is -2.19. The zero-order valence-electron chi connectivity index (χ0n) is 14.4. The second-order valence-electron chi connectivity index (χ2n) is 6.30. The summed E-state index contributed by atoms with van der Waals surface area (Å²) in [6.07, 6.45) is 2.59. The number of carbonyl (C=O) groups excluding carboxylic acids is 1. The lowest BCUT2D eigenvalue weighted by molar-refractivity contribution is -0.121. The Labute approximate surface area is 153 Å². The Morgan fingerprint density at radius 2 is 1.80 bits per heavy atom. The van der Waals surface area contributed by atoms with Gasteiger partial charge in [0.15, 0.2) is 11.5 Å². The molecule has 5 heteroatoms. The van der Waals surface area contributed by atoms with Crippen molar-refractivity contribution in [2.45, 2.75) is 25.3 Å². The van der Waals surface area contributed by atoms with Crippen molar-refractivity contribution in [3.05, 3.63) is 58.6 Å². The molecule has 1 atom stereocenters. The average molecular weight is 360 g/mol. The molecule has 4 nitrogen and oxygen atoms in total. The lowest BCUT2D eigenvalue weighted by atomic mass is 10.0. The number of carbonyl (C=O) groups is 1. The first-order valence-electron chi connectivity index (χ1n) is 8.36. The normalized spacial score (nSPS) is 14.7. The molecule has 1 saturated carbocycles. The van der Waals surface area contributed by atoms with Crippen LogP contribution in [-0.2, 0) is 11.2 Å². The van der Waals surface area contributed by atoms with E-state index in [1.165, 1.54) is 0 Å². The van der Waals surface area contributed by atoms with E-state index in [9.17, 15) is 4.79 Å². The van der Waals surface area contributed by atoms with E-state index < -0.39 is 0 Å². The molecule has 0 heterocycles. The molecule has 2 aromatic rings. The summed E-state index contributed by atoms with van der Waals surface area (Å²) < 4.78 is 10.5. The summed E-state index contributed by atoms with van der Waals surface area (Å²) in [6.45, 7) is 0. The van der Waals surface area contributed by atoms with Crippen LogP contribution in [0.15, 0.2) is 42.5 Å². The van der Waals surface area contributed by atoms with Gasteiger partial charge in [-0.15, -0.1) is 0 Å². The van der Waals surface area contributed by atoms with Crippen molar-refractivity contribution in [1.29, 1.82) is 0 Å². The smallest absolute Gasteiger partial charge is 0.224 e. The molecule has 132 valence electrons. The van der Waals surface area contributed by atoms with Crippen LogP contribution in [0.5, 0.6) is 11.5 Å². The lowest BCUT2D eigenvalue weighted by Crippen LogP contribution is -2.31. The summed E-state index contributed by atoms with van der Waals surface area (Å²) in [7, 11) is 3.18. The second kappa shape index (κ2) is 7.79. The Kier molecular flexibility index (Phi) is 5.49. The third-order valence-corrected chi connectivity index (χ3v) is 4.70. The fourth-order valence-electron chi connectivity index (χ4n) is 2.97. The van der Waals surface area contributed by atoms with Gasteiger partial charge in [-0.2, -0.15) is 0 Å². The zero-order valence-corrected chi connectivity index (χ0v) is 15.2. The highest BCUT2D eigenvalue weighted by Crippen LogP contribution is 2.41. The number of nitrogens with one attached hydrogen (secondary N) is 1. The van der Waals surface area contributed by atoms with Crippen LogP contribution in [0.2, 0.25) is 5.02 Å². The van der Waals surface area contributed by atoms with Gasteiger partial charge in [-0.25, -0.2) is 0 Å². The van der Waals surface area contributed by atoms with E-state index in [2.05, 4.69) is 5.32 Å². The third-order valence-electron chi connectivity index (χ3n) is 4.45. The molecular formula is C20H22ClNO3. The van der Waals surface area contributed by atoms with Gasteiger partial charge in [0.2, 0.25) is 5.91 Å². The summed E-state index contributed by atoms with van der Waals surface area (Å²) in [5.41, 5.74) is 1.99. The van der Waals surface area contributed by atoms with E-state index in [-0.39, 0.29) is 11.9 Å². The number of halogens is 1. The third kappa shape index (κ3) is 4.45. The van der Waals surface area contributed by atoms with Crippen molar-refractivity contribution in [3.63, 3.8) is 0 Å². The first-order chi connectivity index (χ1) is 12.1. The van der Waals surface area contributed by atoms with Gasteiger partial charge in [0.1, 0.15) is 0 Å². The molecule has 25 heavy (non-hydrogen) atoms. The van der Waals surface area contributed by atoms with E-state index in [1.54, 1.807) is 14.2 Å². The number of rotatable bonds is 7. The number of benzene rings is 2. The molecule has 0 spiro atoms. The highest BCUT2D eigenvalue weighted by atomic mass is 35.5. The quantitative estimate of drug-likeness (QED) is 0.807. The zero-order chi connectivity index (χ0) is 17.8. The van der Waals surface area contributed by atoms with Crippen molar-refractivity contribution in [3.8, 4) is 11.5 Å². The number of hydrogen-bond donors (Lipinski definition) is 1.